The van der Waals surface area contributed by atoms with Crippen LogP contribution in [0.2, 0.25) is 0 Å². The van der Waals surface area contributed by atoms with Crippen LogP contribution in [0.1, 0.15) is 60.9 Å². The minimum Gasteiger partial charge on any atom is -0.310 e. The molecule has 1 aromatic heterocycles. The molecule has 1 heterocycles. The lowest BCUT2D eigenvalue weighted by Gasteiger charge is -2.38. The van der Waals surface area contributed by atoms with Gasteiger partial charge in [-0.25, -0.2) is 0 Å². The normalized spacial score (nSPS) is 19.9. The largest absolute Gasteiger partial charge is 0.310 e. The molecule has 0 spiro atoms. The third kappa shape index (κ3) is 8.10. The molecule has 0 saturated carbocycles. The van der Waals surface area contributed by atoms with Gasteiger partial charge in [0.15, 0.2) is 0 Å². The number of rotatable bonds is 9. The lowest BCUT2D eigenvalue weighted by molar-refractivity contribution is 0.690. The number of anilines is 2. The molecule has 0 amide bonds. The number of thiophene rings is 1. The quantitative estimate of drug-likeness (QED) is 0.103. The monoisotopic (exact) mass is 1020 g/mol. The van der Waals surface area contributed by atoms with E-state index in [1.807, 2.05) is 17.4 Å². The predicted octanol–water partition coefficient (Wildman–Crippen LogP) is 16.4. The Morgan fingerprint density at radius 1 is 0.494 bits per heavy atom. The number of fused-ring (bicyclic) bond motifs is 12. The number of allylic oxidation sites excluding steroid dienone is 11. The summed E-state index contributed by atoms with van der Waals surface area (Å²) >= 11 is 1.81. The molecular formula is C71H51B6NS. The highest BCUT2D eigenvalue weighted by molar-refractivity contribution is 7.26. The summed E-state index contributed by atoms with van der Waals surface area (Å²) < 4.78 is 2.31. The van der Waals surface area contributed by atoms with Gasteiger partial charge < -0.3 is 4.90 Å². The van der Waals surface area contributed by atoms with Crippen molar-refractivity contribution in [3.8, 4) is 22.3 Å². The second-order valence-electron chi connectivity index (χ2n) is 22.6. The number of hydrogen-bond acceptors (Lipinski definition) is 2. The van der Waals surface area contributed by atoms with E-state index in [1.165, 1.54) is 48.0 Å². The van der Waals surface area contributed by atoms with Gasteiger partial charge in [0, 0.05) is 43.0 Å². The van der Waals surface area contributed by atoms with Gasteiger partial charge in [-0.05, 0) is 138 Å². The van der Waals surface area contributed by atoms with Gasteiger partial charge in [-0.3, -0.25) is 0 Å². The molecule has 0 N–H and O–H groups in total. The standard InChI is InChI=1S/C71H51B6NS/c1-42-22-26-44(27-23-42)45-28-33-50(34-29-45)78(51-35-37-56-54-16-7-6-14-52(54)53-15-8-9-17-55(53)60(56)41-51)64-20-11-21-65-67(64)59-19-10-18-57(68(59)79-65)61-38-49(71(75,76)77)40-63-66(61)58-36-32-48(70(72,73)74)39-62(58)69(63,46-12-4-3-5-13-46)47-30-24-43(2)25-31-47/h3-22,24,26-28,30-43,45H,23,25,29H2,1-2H3. The lowest BCUT2D eigenvalue weighted by Crippen LogP contribution is -2.33. The zero-order valence-corrected chi connectivity index (χ0v) is 45.3. The Morgan fingerprint density at radius 3 is 1.80 bits per heavy atom. The first kappa shape index (κ1) is 49.9. The molecule has 4 unspecified atom stereocenters. The third-order valence-corrected chi connectivity index (χ3v) is 18.5. The van der Waals surface area contributed by atoms with Crippen molar-refractivity contribution in [3.05, 3.63) is 263 Å². The second kappa shape index (κ2) is 18.9. The summed E-state index contributed by atoms with van der Waals surface area (Å²) in [4.78, 5) is 2.50. The number of benzene rings is 9. The average molecular weight is 1020 g/mol. The summed E-state index contributed by atoms with van der Waals surface area (Å²) in [6.07, 6.45) is 24.1. The molecule has 4 aliphatic rings. The maximum Gasteiger partial charge on any atom is 0.0710 e. The molecule has 4 atom stereocenters. The highest BCUT2D eigenvalue weighted by atomic mass is 32.1. The maximum absolute atomic E-state index is 6.87. The first-order valence-electron chi connectivity index (χ1n) is 27.6. The fourth-order valence-corrected chi connectivity index (χ4v) is 14.6. The van der Waals surface area contributed by atoms with E-state index >= 15 is 0 Å². The van der Waals surface area contributed by atoms with Crippen LogP contribution in [-0.2, 0) is 15.6 Å². The lowest BCUT2D eigenvalue weighted by atomic mass is 9.40. The zero-order valence-electron chi connectivity index (χ0n) is 44.5. The van der Waals surface area contributed by atoms with Crippen LogP contribution in [0.15, 0.2) is 235 Å². The third-order valence-electron chi connectivity index (χ3n) is 17.3. The van der Waals surface area contributed by atoms with Crippen molar-refractivity contribution in [1.29, 1.82) is 0 Å². The van der Waals surface area contributed by atoms with Crippen molar-refractivity contribution in [3.63, 3.8) is 0 Å². The van der Waals surface area contributed by atoms with Crippen molar-refractivity contribution in [1.82, 2.24) is 0 Å². The van der Waals surface area contributed by atoms with Gasteiger partial charge in [-0.2, -0.15) is 0 Å². The summed E-state index contributed by atoms with van der Waals surface area (Å²) in [5.41, 5.74) is 13.5. The summed E-state index contributed by atoms with van der Waals surface area (Å²) in [7, 11) is 40.3. The smallest absolute Gasteiger partial charge is 0.0710 e. The molecule has 12 radical (unpaired) electrons. The SMILES string of the molecule is [B]C([B])([B])c1ccc2c(c1)C(C1=CCC(C)C=C1)(c1ccccc1)c1cc(C([B])([B])[B])cc(-c3cccc4c3sc3cccc(N(C5=CCC(C6=CCC(C)C=C6)C=C5)c5ccc6c7ccccc7c7ccccc7c6c5)c34)c1-2. The molecule has 0 saturated heterocycles. The van der Waals surface area contributed by atoms with E-state index in [4.69, 9.17) is 47.1 Å². The molecule has 364 valence electrons. The van der Waals surface area contributed by atoms with Gasteiger partial charge in [-0.15, -0.1) is 21.6 Å². The molecule has 9 aromatic carbocycles. The Kier molecular flexibility index (Phi) is 11.9. The zero-order chi connectivity index (χ0) is 54.0. The fourth-order valence-electron chi connectivity index (χ4n) is 13.4. The average Bonchev–Trinajstić information content (AvgIpc) is 3.88. The Morgan fingerprint density at radius 2 is 1.14 bits per heavy atom. The van der Waals surface area contributed by atoms with Crippen LogP contribution < -0.4 is 4.90 Å². The van der Waals surface area contributed by atoms with Crippen LogP contribution in [-0.4, -0.2) is 47.1 Å². The molecule has 8 heteroatoms. The van der Waals surface area contributed by atoms with E-state index in [0.717, 1.165) is 90.9 Å². The van der Waals surface area contributed by atoms with Gasteiger partial charge in [0.1, 0.15) is 0 Å². The molecule has 4 aliphatic carbocycles. The Bertz CT molecular complexity index is 4340. The molecule has 14 rings (SSSR count). The molecule has 0 aliphatic heterocycles. The van der Waals surface area contributed by atoms with E-state index in [2.05, 4.69) is 231 Å². The van der Waals surface area contributed by atoms with Gasteiger partial charge in [0.05, 0.1) is 58.2 Å². The molecule has 79 heavy (non-hydrogen) atoms. The highest BCUT2D eigenvalue weighted by Gasteiger charge is 2.49. The molecule has 10 aromatic rings. The van der Waals surface area contributed by atoms with Gasteiger partial charge in [0.25, 0.3) is 0 Å². The van der Waals surface area contributed by atoms with Crippen LogP contribution in [0.25, 0.3) is 74.7 Å². The first-order valence-corrected chi connectivity index (χ1v) is 28.4. The van der Waals surface area contributed by atoms with Crippen LogP contribution in [0.3, 0.4) is 0 Å². The second-order valence-corrected chi connectivity index (χ2v) is 23.7. The minimum atomic E-state index is -1.68. The van der Waals surface area contributed by atoms with E-state index in [0.29, 0.717) is 28.9 Å². The van der Waals surface area contributed by atoms with Crippen molar-refractivity contribution in [2.24, 2.45) is 17.8 Å². The minimum absolute atomic E-state index is 0.308. The molecule has 0 fully saturated rings. The fraction of sp³-hybridized carbons (Fsp3) is 0.155. The number of nitrogens with zero attached hydrogens (tertiary/aromatic N) is 1. The van der Waals surface area contributed by atoms with Crippen molar-refractivity contribution >= 4 is 122 Å². The topological polar surface area (TPSA) is 3.24 Å². The van der Waals surface area contributed by atoms with Crippen LogP contribution in [0.5, 0.6) is 0 Å². The Balaban J connectivity index is 1.02. The van der Waals surface area contributed by atoms with E-state index in [1.54, 1.807) is 0 Å². The Labute approximate surface area is 476 Å². The van der Waals surface area contributed by atoms with Gasteiger partial charge in [-0.1, -0.05) is 213 Å². The Hall–Kier alpha value is -7.39. The predicted molar refractivity (Wildman–Crippen MR) is 343 cm³/mol. The number of hydrogen-bond donors (Lipinski definition) is 0. The van der Waals surface area contributed by atoms with Crippen LogP contribution in [0, 0.1) is 17.8 Å². The van der Waals surface area contributed by atoms with Crippen LogP contribution in [0.4, 0.5) is 11.4 Å². The maximum atomic E-state index is 6.87. The summed E-state index contributed by atoms with van der Waals surface area (Å²) in [6.45, 7) is 4.53. The van der Waals surface area contributed by atoms with E-state index < -0.39 is 15.6 Å². The van der Waals surface area contributed by atoms with E-state index in [-0.39, 0.29) is 0 Å². The van der Waals surface area contributed by atoms with E-state index in [9.17, 15) is 0 Å². The van der Waals surface area contributed by atoms with Crippen molar-refractivity contribution in [2.75, 3.05) is 4.90 Å². The summed E-state index contributed by atoms with van der Waals surface area (Å²) in [5, 5.41) is 6.50. The van der Waals surface area contributed by atoms with Crippen molar-refractivity contribution in [2.45, 2.75) is 48.8 Å². The van der Waals surface area contributed by atoms with Gasteiger partial charge >= 0.3 is 0 Å². The van der Waals surface area contributed by atoms with Crippen LogP contribution >= 0.6 is 11.3 Å². The molecule has 1 nitrogen and oxygen atoms in total. The first-order chi connectivity index (χ1) is 38.3. The molecular weight excluding hydrogens is 964 g/mol. The van der Waals surface area contributed by atoms with Crippen molar-refractivity contribution < 1.29 is 0 Å². The summed E-state index contributed by atoms with van der Waals surface area (Å²) in [6, 6.07) is 59.3. The molecule has 0 bridgehead atoms. The highest BCUT2D eigenvalue weighted by Crippen LogP contribution is 2.61. The van der Waals surface area contributed by atoms with Gasteiger partial charge in [0.2, 0.25) is 0 Å². The summed E-state index contributed by atoms with van der Waals surface area (Å²) in [5.74, 6) is 1.24.